The van der Waals surface area contributed by atoms with Crippen LogP contribution < -0.4 is 0 Å². The molecule has 0 nitrogen and oxygen atoms in total. The van der Waals surface area contributed by atoms with Crippen LogP contribution in [0, 0.1) is 17.3 Å². The monoisotopic (exact) mass is 138 g/mol. The second kappa shape index (κ2) is 4.39. The molecule has 0 aliphatic heterocycles. The molecule has 0 spiro atoms. The molecule has 0 aromatic heterocycles. The Hall–Kier alpha value is -0.440. The highest BCUT2D eigenvalue weighted by Gasteiger charge is 2.19. The van der Waals surface area contributed by atoms with Gasteiger partial charge < -0.3 is 0 Å². The maximum absolute atomic E-state index is 3.30. The molecule has 0 N–H and O–H groups in total. The molecular weight excluding hydrogens is 120 g/mol. The lowest BCUT2D eigenvalue weighted by atomic mass is 9.81. The zero-order valence-corrected chi connectivity index (χ0v) is 7.62. The second-order valence-corrected chi connectivity index (χ2v) is 2.72. The van der Waals surface area contributed by atoms with E-state index in [1.165, 1.54) is 19.3 Å². The molecule has 0 heterocycles. The lowest BCUT2D eigenvalue weighted by molar-refractivity contribution is 0.357. The van der Waals surface area contributed by atoms with Crippen molar-refractivity contribution < 1.29 is 0 Å². The third-order valence-electron chi connectivity index (χ3n) is 2.42. The summed E-state index contributed by atoms with van der Waals surface area (Å²) in [6.07, 6.45) is 3.54. The Morgan fingerprint density at radius 3 is 1.50 bits per heavy atom. The smallest absolute Gasteiger partial charge is 0.0306 e. The summed E-state index contributed by atoms with van der Waals surface area (Å²) in [4.78, 5) is 0. The Labute approximate surface area is 65.0 Å². The zero-order valence-electron chi connectivity index (χ0n) is 7.62. The summed E-state index contributed by atoms with van der Waals surface area (Å²) in [6.45, 7) is 8.59. The van der Waals surface area contributed by atoms with Crippen LogP contribution in [0.5, 0.6) is 0 Å². The molecule has 0 aliphatic carbocycles. The van der Waals surface area contributed by atoms with Crippen LogP contribution in [0.1, 0.15) is 47.0 Å². The maximum atomic E-state index is 3.30. The molecule has 0 aromatic carbocycles. The molecule has 0 aliphatic rings. The van der Waals surface area contributed by atoms with Crippen molar-refractivity contribution in [1.82, 2.24) is 0 Å². The third kappa shape index (κ3) is 2.06. The molecule has 0 saturated heterocycles. The van der Waals surface area contributed by atoms with Crippen LogP contribution in [0.4, 0.5) is 0 Å². The molecular formula is C10H18. The molecule has 0 bridgehead atoms. The second-order valence-electron chi connectivity index (χ2n) is 2.72. The van der Waals surface area contributed by atoms with E-state index < -0.39 is 0 Å². The highest BCUT2D eigenvalue weighted by Crippen LogP contribution is 2.28. The van der Waals surface area contributed by atoms with Crippen molar-refractivity contribution in [2.45, 2.75) is 47.0 Å². The van der Waals surface area contributed by atoms with Gasteiger partial charge in [-0.3, -0.25) is 0 Å². The van der Waals surface area contributed by atoms with Crippen molar-refractivity contribution in [2.24, 2.45) is 5.41 Å². The van der Waals surface area contributed by atoms with E-state index in [2.05, 4.69) is 32.6 Å². The van der Waals surface area contributed by atoms with Gasteiger partial charge in [-0.05, 0) is 26.2 Å². The summed E-state index contributed by atoms with van der Waals surface area (Å²) in [5, 5.41) is 0. The van der Waals surface area contributed by atoms with E-state index in [9.17, 15) is 0 Å². The van der Waals surface area contributed by atoms with E-state index in [4.69, 9.17) is 0 Å². The molecule has 58 valence electrons. The van der Waals surface area contributed by atoms with Crippen molar-refractivity contribution >= 4 is 0 Å². The van der Waals surface area contributed by atoms with E-state index in [0.717, 1.165) is 0 Å². The Bertz CT molecular complexity index is 122. The Morgan fingerprint density at radius 1 is 1.00 bits per heavy atom. The zero-order chi connectivity index (χ0) is 8.04. The Kier molecular flexibility index (Phi) is 4.19. The first kappa shape index (κ1) is 9.56. The van der Waals surface area contributed by atoms with Crippen molar-refractivity contribution in [2.75, 3.05) is 0 Å². The lowest BCUT2D eigenvalue weighted by Gasteiger charge is -2.23. The first-order valence-electron chi connectivity index (χ1n) is 4.18. The van der Waals surface area contributed by atoms with E-state index in [-0.39, 0.29) is 0 Å². The third-order valence-corrected chi connectivity index (χ3v) is 2.42. The molecule has 0 radical (unpaired) electrons. The largest absolute Gasteiger partial charge is 0.106 e. The maximum Gasteiger partial charge on any atom is 0.0306 e. The molecule has 0 unspecified atom stereocenters. The minimum atomic E-state index is 0.314. The van der Waals surface area contributed by atoms with Crippen molar-refractivity contribution in [3.05, 3.63) is 0 Å². The van der Waals surface area contributed by atoms with E-state index in [1.54, 1.807) is 0 Å². The summed E-state index contributed by atoms with van der Waals surface area (Å²) in [5.41, 5.74) is 0.314. The van der Waals surface area contributed by atoms with Crippen LogP contribution in [0.3, 0.4) is 0 Å². The predicted molar refractivity (Wildman–Crippen MR) is 46.8 cm³/mol. The van der Waals surface area contributed by atoms with E-state index >= 15 is 0 Å². The summed E-state index contributed by atoms with van der Waals surface area (Å²) in [7, 11) is 0. The standard InChI is InChI=1S/C10H18/c1-5-9-10(6-2,7-3)8-4/h6-8H2,1-4H3. The first-order valence-corrected chi connectivity index (χ1v) is 4.18. The fraction of sp³-hybridized carbons (Fsp3) is 0.800. The van der Waals surface area contributed by atoms with Gasteiger partial charge in [0.2, 0.25) is 0 Å². The van der Waals surface area contributed by atoms with Gasteiger partial charge >= 0.3 is 0 Å². The van der Waals surface area contributed by atoms with Gasteiger partial charge in [-0.15, -0.1) is 5.92 Å². The van der Waals surface area contributed by atoms with Gasteiger partial charge in [0.25, 0.3) is 0 Å². The highest BCUT2D eigenvalue weighted by molar-refractivity contribution is 5.09. The van der Waals surface area contributed by atoms with Crippen LogP contribution in [-0.4, -0.2) is 0 Å². The van der Waals surface area contributed by atoms with Crippen LogP contribution in [0.25, 0.3) is 0 Å². The van der Waals surface area contributed by atoms with Gasteiger partial charge in [0.15, 0.2) is 0 Å². The first-order chi connectivity index (χ1) is 4.74. The molecule has 0 atom stereocenters. The van der Waals surface area contributed by atoms with Crippen molar-refractivity contribution in [1.29, 1.82) is 0 Å². The molecule has 0 rings (SSSR count). The Morgan fingerprint density at radius 2 is 1.40 bits per heavy atom. The van der Waals surface area contributed by atoms with Crippen LogP contribution in [-0.2, 0) is 0 Å². The number of hydrogen-bond donors (Lipinski definition) is 0. The molecule has 0 aromatic rings. The molecule has 0 amide bonds. The van der Waals surface area contributed by atoms with Gasteiger partial charge in [-0.2, -0.15) is 0 Å². The minimum Gasteiger partial charge on any atom is -0.106 e. The van der Waals surface area contributed by atoms with Crippen LogP contribution >= 0.6 is 0 Å². The van der Waals surface area contributed by atoms with Gasteiger partial charge in [0.1, 0.15) is 0 Å². The van der Waals surface area contributed by atoms with E-state index in [1.807, 2.05) is 6.92 Å². The van der Waals surface area contributed by atoms with Gasteiger partial charge in [0.05, 0.1) is 0 Å². The highest BCUT2D eigenvalue weighted by atomic mass is 14.2. The average Bonchev–Trinajstić information content (AvgIpc) is 2.01. The van der Waals surface area contributed by atoms with Crippen LogP contribution in [0.15, 0.2) is 0 Å². The summed E-state index contributed by atoms with van der Waals surface area (Å²) >= 11 is 0. The fourth-order valence-electron chi connectivity index (χ4n) is 1.28. The number of rotatable bonds is 3. The molecule has 0 fully saturated rings. The fourth-order valence-corrected chi connectivity index (χ4v) is 1.28. The van der Waals surface area contributed by atoms with Crippen LogP contribution in [0.2, 0.25) is 0 Å². The number of hydrogen-bond acceptors (Lipinski definition) is 0. The van der Waals surface area contributed by atoms with Crippen molar-refractivity contribution in [3.8, 4) is 11.8 Å². The summed E-state index contributed by atoms with van der Waals surface area (Å²) < 4.78 is 0. The lowest BCUT2D eigenvalue weighted by Crippen LogP contribution is -2.14. The molecule has 10 heavy (non-hydrogen) atoms. The SMILES string of the molecule is CC#CC(CC)(CC)CC. The summed E-state index contributed by atoms with van der Waals surface area (Å²) in [5.74, 6) is 6.31. The molecule has 0 saturated carbocycles. The van der Waals surface area contributed by atoms with Crippen molar-refractivity contribution in [3.63, 3.8) is 0 Å². The quantitative estimate of drug-likeness (QED) is 0.525. The van der Waals surface area contributed by atoms with Gasteiger partial charge in [0, 0.05) is 5.41 Å². The van der Waals surface area contributed by atoms with Gasteiger partial charge in [-0.1, -0.05) is 26.7 Å². The predicted octanol–water partition coefficient (Wildman–Crippen LogP) is 3.23. The van der Waals surface area contributed by atoms with E-state index in [0.29, 0.717) is 5.41 Å². The summed E-state index contributed by atoms with van der Waals surface area (Å²) in [6, 6.07) is 0. The van der Waals surface area contributed by atoms with Gasteiger partial charge in [-0.25, -0.2) is 0 Å². The minimum absolute atomic E-state index is 0.314. The molecule has 0 heteroatoms. The Balaban J connectivity index is 4.25. The average molecular weight is 138 g/mol. The normalized spacial score (nSPS) is 10.4. The topological polar surface area (TPSA) is 0 Å².